The van der Waals surface area contributed by atoms with E-state index in [-0.39, 0.29) is 42.1 Å². The fraction of sp³-hybridized carbons (Fsp3) is 0.400. The molecule has 0 saturated carbocycles. The van der Waals surface area contributed by atoms with Gasteiger partial charge in [0.1, 0.15) is 0 Å². The smallest absolute Gasteiger partial charge is 0.417 e. The molecule has 0 bridgehead atoms. The number of hydrogen-bond acceptors (Lipinski definition) is 6. The number of benzene rings is 1. The maximum absolute atomic E-state index is 12.5. The number of nitro benzene ring substituents is 1. The van der Waals surface area contributed by atoms with E-state index in [4.69, 9.17) is 0 Å². The van der Waals surface area contributed by atoms with Gasteiger partial charge in [0.25, 0.3) is 11.6 Å². The lowest BCUT2D eigenvalue weighted by atomic mass is 9.96. The Balaban J connectivity index is 1.65. The number of hydrogen-bond donors (Lipinski definition) is 0. The van der Waals surface area contributed by atoms with Gasteiger partial charge in [0.15, 0.2) is 0 Å². The van der Waals surface area contributed by atoms with Crippen LogP contribution in [-0.4, -0.2) is 39.0 Å². The number of nitro groups is 1. The maximum Gasteiger partial charge on any atom is 0.470 e. The van der Waals surface area contributed by atoms with Crippen LogP contribution in [-0.2, 0) is 6.18 Å². The van der Waals surface area contributed by atoms with E-state index in [1.807, 2.05) is 0 Å². The minimum Gasteiger partial charge on any atom is -0.417 e. The molecule has 1 aliphatic heterocycles. The molecule has 8 nitrogen and oxygen atoms in total. The Hall–Kier alpha value is -2.98. The van der Waals surface area contributed by atoms with E-state index >= 15 is 0 Å². The molecule has 1 fully saturated rings. The van der Waals surface area contributed by atoms with Crippen molar-refractivity contribution < 1.29 is 27.3 Å². The van der Waals surface area contributed by atoms with Crippen LogP contribution < -0.4 is 0 Å². The number of likely N-dealkylation sites (tertiary alicyclic amines) is 1. The molecule has 0 unspecified atom stereocenters. The normalized spacial score (nSPS) is 15.9. The van der Waals surface area contributed by atoms with Gasteiger partial charge in [-0.15, -0.1) is 10.2 Å². The molecule has 11 heteroatoms. The number of non-ortho nitro benzene ring substituents is 1. The average Bonchev–Trinajstić information content (AvgIpc) is 3.12. The monoisotopic (exact) mass is 370 g/mol. The highest BCUT2D eigenvalue weighted by atomic mass is 19.4. The van der Waals surface area contributed by atoms with Crippen LogP contribution in [0.15, 0.2) is 28.7 Å². The molecule has 1 saturated heterocycles. The van der Waals surface area contributed by atoms with Crippen LogP contribution in [0, 0.1) is 10.1 Å². The molecule has 1 aromatic heterocycles. The van der Waals surface area contributed by atoms with Crippen molar-refractivity contribution in [3.63, 3.8) is 0 Å². The molecule has 0 atom stereocenters. The van der Waals surface area contributed by atoms with E-state index in [1.165, 1.54) is 29.2 Å². The highest BCUT2D eigenvalue weighted by Gasteiger charge is 2.39. The molecule has 0 spiro atoms. The zero-order chi connectivity index (χ0) is 18.9. The molecule has 1 aliphatic rings. The van der Waals surface area contributed by atoms with Gasteiger partial charge in [0, 0.05) is 36.7 Å². The summed E-state index contributed by atoms with van der Waals surface area (Å²) in [7, 11) is 0. The Morgan fingerprint density at radius 1 is 1.27 bits per heavy atom. The third-order valence-electron chi connectivity index (χ3n) is 4.12. The van der Waals surface area contributed by atoms with Crippen molar-refractivity contribution in [3.8, 4) is 0 Å². The van der Waals surface area contributed by atoms with Gasteiger partial charge in [0.05, 0.1) is 4.92 Å². The topological polar surface area (TPSA) is 102 Å². The van der Waals surface area contributed by atoms with Crippen molar-refractivity contribution in [2.75, 3.05) is 13.1 Å². The highest BCUT2D eigenvalue weighted by molar-refractivity contribution is 5.94. The van der Waals surface area contributed by atoms with Gasteiger partial charge < -0.3 is 9.32 Å². The van der Waals surface area contributed by atoms with Crippen LogP contribution in [0.3, 0.4) is 0 Å². The lowest BCUT2D eigenvalue weighted by Crippen LogP contribution is -2.38. The van der Waals surface area contributed by atoms with E-state index in [2.05, 4.69) is 14.6 Å². The minimum atomic E-state index is -4.69. The molecule has 0 radical (unpaired) electrons. The van der Waals surface area contributed by atoms with Crippen LogP contribution in [0.25, 0.3) is 0 Å². The minimum absolute atomic E-state index is 0.0974. The summed E-state index contributed by atoms with van der Waals surface area (Å²) in [6, 6.07) is 5.39. The number of halogens is 3. The molecule has 138 valence electrons. The maximum atomic E-state index is 12.5. The van der Waals surface area contributed by atoms with Gasteiger partial charge in [-0.05, 0) is 18.9 Å². The first kappa shape index (κ1) is 17.8. The summed E-state index contributed by atoms with van der Waals surface area (Å²) in [5.41, 5.74) is 0.00562. The molecule has 3 rings (SSSR count). The molecule has 2 heterocycles. The van der Waals surface area contributed by atoms with Crippen molar-refractivity contribution in [1.29, 1.82) is 0 Å². The van der Waals surface area contributed by atoms with Crippen LogP contribution in [0.2, 0.25) is 0 Å². The Labute approximate surface area is 144 Å². The summed E-state index contributed by atoms with van der Waals surface area (Å²) in [4.78, 5) is 24.2. The summed E-state index contributed by atoms with van der Waals surface area (Å²) in [5, 5.41) is 17.3. The van der Waals surface area contributed by atoms with Gasteiger partial charge in [0.2, 0.25) is 5.89 Å². The molecule has 0 N–H and O–H groups in total. The van der Waals surface area contributed by atoms with Crippen LogP contribution in [0.5, 0.6) is 0 Å². The SMILES string of the molecule is O=C(c1cccc([N+](=O)[O-])c1)N1CCC(c2nnc(C(F)(F)F)o2)CC1. The van der Waals surface area contributed by atoms with Gasteiger partial charge in [-0.2, -0.15) is 13.2 Å². The first-order chi connectivity index (χ1) is 12.3. The summed E-state index contributed by atoms with van der Waals surface area (Å²) in [6.45, 7) is 0.547. The van der Waals surface area contributed by atoms with E-state index in [1.54, 1.807) is 0 Å². The number of piperidine rings is 1. The molecule has 0 aliphatic carbocycles. The number of amides is 1. The summed E-state index contributed by atoms with van der Waals surface area (Å²) in [6.07, 6.45) is -3.97. The van der Waals surface area contributed by atoms with Crippen molar-refractivity contribution >= 4 is 11.6 Å². The van der Waals surface area contributed by atoms with Gasteiger partial charge in [-0.25, -0.2) is 0 Å². The van der Waals surface area contributed by atoms with Crippen molar-refractivity contribution in [3.05, 3.63) is 51.7 Å². The number of carbonyl (C=O) groups excluding carboxylic acids is 1. The Bertz CT molecular complexity index is 828. The summed E-state index contributed by atoms with van der Waals surface area (Å²) >= 11 is 0. The average molecular weight is 370 g/mol. The molecule has 1 amide bonds. The molecular weight excluding hydrogens is 357 g/mol. The lowest BCUT2D eigenvalue weighted by molar-refractivity contribution is -0.384. The number of aromatic nitrogens is 2. The van der Waals surface area contributed by atoms with Gasteiger partial charge in [-0.1, -0.05) is 6.07 Å². The highest BCUT2D eigenvalue weighted by Crippen LogP contribution is 2.32. The first-order valence-corrected chi connectivity index (χ1v) is 7.70. The lowest BCUT2D eigenvalue weighted by Gasteiger charge is -2.30. The van der Waals surface area contributed by atoms with Crippen LogP contribution in [0.1, 0.15) is 40.9 Å². The second kappa shape index (κ2) is 6.73. The van der Waals surface area contributed by atoms with Crippen LogP contribution >= 0.6 is 0 Å². The first-order valence-electron chi connectivity index (χ1n) is 7.70. The standard InChI is InChI=1S/C15H13F3N4O4/c16-15(17,18)14-20-19-12(26-14)9-4-6-21(7-5-9)13(23)10-2-1-3-11(8-10)22(24)25/h1-3,8-9H,4-7H2. The van der Waals surface area contributed by atoms with Gasteiger partial charge in [-0.3, -0.25) is 14.9 Å². The fourth-order valence-electron chi connectivity index (χ4n) is 2.78. The number of carbonyl (C=O) groups is 1. The van der Waals surface area contributed by atoms with Crippen molar-refractivity contribution in [2.24, 2.45) is 0 Å². The third-order valence-corrected chi connectivity index (χ3v) is 4.12. The van der Waals surface area contributed by atoms with Gasteiger partial charge >= 0.3 is 12.1 Å². The molecule has 2 aromatic rings. The predicted octanol–water partition coefficient (Wildman–Crippen LogP) is 3.02. The number of alkyl halides is 3. The number of nitrogens with zero attached hydrogens (tertiary/aromatic N) is 4. The van der Waals surface area contributed by atoms with E-state index in [0.29, 0.717) is 12.8 Å². The largest absolute Gasteiger partial charge is 0.470 e. The predicted molar refractivity (Wildman–Crippen MR) is 80.3 cm³/mol. The van der Waals surface area contributed by atoms with E-state index in [0.717, 1.165) is 0 Å². The van der Waals surface area contributed by atoms with Crippen molar-refractivity contribution in [2.45, 2.75) is 24.9 Å². The Morgan fingerprint density at radius 2 is 1.96 bits per heavy atom. The van der Waals surface area contributed by atoms with E-state index in [9.17, 15) is 28.1 Å². The Kier molecular flexibility index (Phi) is 4.62. The Morgan fingerprint density at radius 3 is 2.54 bits per heavy atom. The molecule has 1 aromatic carbocycles. The molecular formula is C15H13F3N4O4. The zero-order valence-corrected chi connectivity index (χ0v) is 13.3. The summed E-state index contributed by atoms with van der Waals surface area (Å²) < 4.78 is 42.2. The fourth-order valence-corrected chi connectivity index (χ4v) is 2.78. The van der Waals surface area contributed by atoms with E-state index < -0.39 is 17.0 Å². The quantitative estimate of drug-likeness (QED) is 0.608. The third kappa shape index (κ3) is 3.65. The number of rotatable bonds is 3. The zero-order valence-electron chi connectivity index (χ0n) is 13.3. The van der Waals surface area contributed by atoms with Crippen LogP contribution in [0.4, 0.5) is 18.9 Å². The second-order valence-electron chi connectivity index (χ2n) is 5.82. The molecule has 26 heavy (non-hydrogen) atoms. The summed E-state index contributed by atoms with van der Waals surface area (Å²) in [5.74, 6) is -2.22. The van der Waals surface area contributed by atoms with Crippen molar-refractivity contribution in [1.82, 2.24) is 15.1 Å². The second-order valence-corrected chi connectivity index (χ2v) is 5.82.